The number of aromatic nitrogens is 1. The van der Waals surface area contributed by atoms with Gasteiger partial charge in [0.1, 0.15) is 0 Å². The van der Waals surface area contributed by atoms with Crippen LogP contribution in [0, 0.1) is 5.92 Å². The van der Waals surface area contributed by atoms with Gasteiger partial charge in [-0.2, -0.15) is 0 Å². The molecule has 0 radical (unpaired) electrons. The van der Waals surface area contributed by atoms with Crippen LogP contribution in [0.2, 0.25) is 10.0 Å². The minimum absolute atomic E-state index is 0.0722. The number of nitrogens with one attached hydrogen (secondary N) is 1. The number of nitrogens with zero attached hydrogens (tertiary/aromatic N) is 2. The monoisotopic (exact) mass is 391 g/mol. The first kappa shape index (κ1) is 17.6. The Morgan fingerprint density at radius 2 is 1.96 bits per heavy atom. The number of benzene rings is 1. The van der Waals surface area contributed by atoms with E-state index in [0.29, 0.717) is 34.1 Å². The summed E-state index contributed by atoms with van der Waals surface area (Å²) in [7, 11) is 0. The molecule has 3 heterocycles. The summed E-state index contributed by atoms with van der Waals surface area (Å²) in [5.74, 6) is 0.627. The van der Waals surface area contributed by atoms with Crippen LogP contribution >= 0.6 is 23.2 Å². The zero-order chi connectivity index (χ0) is 18.3. The highest BCUT2D eigenvalue weighted by Gasteiger charge is 2.34. The van der Waals surface area contributed by atoms with Crippen LogP contribution in [0.25, 0.3) is 0 Å². The molecule has 2 bridgehead atoms. The second-order valence-electron chi connectivity index (χ2n) is 7.07. The molecule has 2 aliphatic heterocycles. The van der Waals surface area contributed by atoms with E-state index in [2.05, 4.69) is 10.2 Å². The van der Waals surface area contributed by atoms with Gasteiger partial charge in [0.25, 0.3) is 5.56 Å². The third-order valence-electron chi connectivity index (χ3n) is 5.13. The minimum atomic E-state index is -0.0752. The molecule has 5 nitrogen and oxygen atoms in total. The zero-order valence-electron chi connectivity index (χ0n) is 14.1. The molecule has 1 amide bonds. The van der Waals surface area contributed by atoms with Crippen LogP contribution in [0.4, 0.5) is 5.69 Å². The lowest BCUT2D eigenvalue weighted by molar-refractivity contribution is -0.117. The van der Waals surface area contributed by atoms with Crippen molar-refractivity contribution in [1.29, 1.82) is 0 Å². The van der Waals surface area contributed by atoms with Crippen LogP contribution in [-0.4, -0.2) is 35.0 Å². The second kappa shape index (κ2) is 7.06. The highest BCUT2D eigenvalue weighted by atomic mass is 35.5. The molecule has 2 unspecified atom stereocenters. The van der Waals surface area contributed by atoms with Gasteiger partial charge in [0.05, 0.1) is 16.6 Å². The number of fused-ring (bicyclic) bond motifs is 4. The van der Waals surface area contributed by atoms with Crippen LogP contribution in [0.1, 0.15) is 18.0 Å². The fraction of sp³-hybridized carbons (Fsp3) is 0.368. The maximum Gasteiger partial charge on any atom is 0.250 e. The average Bonchev–Trinajstić information content (AvgIpc) is 2.59. The van der Waals surface area contributed by atoms with Gasteiger partial charge in [0.2, 0.25) is 5.91 Å². The summed E-state index contributed by atoms with van der Waals surface area (Å²) < 4.78 is 1.89. The first-order valence-corrected chi connectivity index (χ1v) is 9.42. The quantitative estimate of drug-likeness (QED) is 0.873. The Hall–Kier alpha value is -1.82. The fourth-order valence-electron chi connectivity index (χ4n) is 4.10. The predicted molar refractivity (Wildman–Crippen MR) is 103 cm³/mol. The van der Waals surface area contributed by atoms with Gasteiger partial charge in [-0.15, -0.1) is 0 Å². The minimum Gasteiger partial charge on any atom is -0.325 e. The van der Waals surface area contributed by atoms with Crippen LogP contribution < -0.4 is 10.9 Å². The van der Waals surface area contributed by atoms with Gasteiger partial charge in [-0.1, -0.05) is 29.3 Å². The summed E-state index contributed by atoms with van der Waals surface area (Å²) in [6, 6.07) is 10.5. The van der Waals surface area contributed by atoms with E-state index in [1.807, 2.05) is 16.7 Å². The van der Waals surface area contributed by atoms with Crippen molar-refractivity contribution in [2.75, 3.05) is 25.0 Å². The average molecular weight is 392 g/mol. The van der Waals surface area contributed by atoms with E-state index in [1.165, 1.54) is 0 Å². The highest BCUT2D eigenvalue weighted by Crippen LogP contribution is 2.34. The smallest absolute Gasteiger partial charge is 0.250 e. The van der Waals surface area contributed by atoms with E-state index in [9.17, 15) is 9.59 Å². The third-order valence-corrected chi connectivity index (χ3v) is 5.86. The molecule has 7 heteroatoms. The number of hydrogen-bond donors (Lipinski definition) is 1. The SMILES string of the molecule is O=C(CN1CC2CC(C1)c1cccc(=O)n1C2)Nc1ccc(Cl)c(Cl)c1. The van der Waals surface area contributed by atoms with E-state index in [0.717, 1.165) is 31.7 Å². The number of likely N-dealkylation sites (tertiary alicyclic amines) is 1. The number of anilines is 1. The number of carbonyl (C=O) groups excluding carboxylic acids is 1. The highest BCUT2D eigenvalue weighted by molar-refractivity contribution is 6.42. The molecule has 2 aromatic rings. The molecule has 2 aliphatic rings. The Labute approximate surface area is 161 Å². The summed E-state index contributed by atoms with van der Waals surface area (Å²) in [6.45, 7) is 2.67. The third kappa shape index (κ3) is 3.52. The van der Waals surface area contributed by atoms with Gasteiger partial charge in [0.15, 0.2) is 0 Å². The van der Waals surface area contributed by atoms with E-state index >= 15 is 0 Å². The molecule has 0 spiro atoms. The van der Waals surface area contributed by atoms with Crippen molar-refractivity contribution >= 4 is 34.8 Å². The Kier molecular flexibility index (Phi) is 4.78. The summed E-state index contributed by atoms with van der Waals surface area (Å²) >= 11 is 11.9. The molecule has 1 fully saturated rings. The number of amides is 1. The second-order valence-corrected chi connectivity index (χ2v) is 7.88. The lowest BCUT2D eigenvalue weighted by atomic mass is 9.83. The molecule has 1 aromatic carbocycles. The standard InChI is InChI=1S/C19H19Cl2N3O2/c20-15-5-4-14(7-16(15)21)22-18(25)11-23-8-12-6-13(10-23)17-2-1-3-19(26)24(17)9-12/h1-5,7,12-13H,6,8-11H2,(H,22,25). The normalized spacial score (nSPS) is 21.9. The van der Waals surface area contributed by atoms with Gasteiger partial charge in [-0.3, -0.25) is 14.5 Å². The van der Waals surface area contributed by atoms with Gasteiger partial charge < -0.3 is 9.88 Å². The number of carbonyl (C=O) groups is 1. The molecule has 26 heavy (non-hydrogen) atoms. The maximum atomic E-state index is 12.4. The molecule has 1 N–H and O–H groups in total. The van der Waals surface area contributed by atoms with Crippen molar-refractivity contribution in [3.05, 3.63) is 62.5 Å². The van der Waals surface area contributed by atoms with Crippen molar-refractivity contribution in [2.24, 2.45) is 5.92 Å². The number of halogens is 2. The van der Waals surface area contributed by atoms with E-state index in [-0.39, 0.29) is 11.5 Å². The first-order chi connectivity index (χ1) is 12.5. The van der Waals surface area contributed by atoms with E-state index < -0.39 is 0 Å². The summed E-state index contributed by atoms with van der Waals surface area (Å²) in [5, 5.41) is 3.75. The molecule has 1 aromatic heterocycles. The lowest BCUT2D eigenvalue weighted by Gasteiger charge is -2.42. The number of hydrogen-bond acceptors (Lipinski definition) is 3. The number of pyridine rings is 1. The molecule has 136 valence electrons. The van der Waals surface area contributed by atoms with Gasteiger partial charge in [0, 0.05) is 43.0 Å². The largest absolute Gasteiger partial charge is 0.325 e. The van der Waals surface area contributed by atoms with E-state index in [1.54, 1.807) is 24.3 Å². The molecule has 4 rings (SSSR count). The summed E-state index contributed by atoms with van der Waals surface area (Å²) in [4.78, 5) is 26.7. The van der Waals surface area contributed by atoms with Crippen molar-refractivity contribution in [3.8, 4) is 0 Å². The lowest BCUT2D eigenvalue weighted by Crippen LogP contribution is -2.49. The van der Waals surface area contributed by atoms with Crippen molar-refractivity contribution in [3.63, 3.8) is 0 Å². The number of piperidine rings is 1. The van der Waals surface area contributed by atoms with Crippen molar-refractivity contribution in [1.82, 2.24) is 9.47 Å². The first-order valence-electron chi connectivity index (χ1n) is 8.66. The fourth-order valence-corrected chi connectivity index (χ4v) is 4.40. The van der Waals surface area contributed by atoms with Gasteiger partial charge in [-0.05, 0) is 36.6 Å². The van der Waals surface area contributed by atoms with E-state index in [4.69, 9.17) is 23.2 Å². The van der Waals surface area contributed by atoms with Crippen molar-refractivity contribution in [2.45, 2.75) is 18.9 Å². The Morgan fingerprint density at radius 1 is 1.12 bits per heavy atom. The maximum absolute atomic E-state index is 12.4. The Balaban J connectivity index is 1.43. The van der Waals surface area contributed by atoms with Crippen LogP contribution in [0.5, 0.6) is 0 Å². The molecule has 0 aliphatic carbocycles. The number of rotatable bonds is 3. The summed E-state index contributed by atoms with van der Waals surface area (Å²) in [5.41, 5.74) is 1.80. The molecule has 2 atom stereocenters. The van der Waals surface area contributed by atoms with Crippen LogP contribution in [0.15, 0.2) is 41.2 Å². The topological polar surface area (TPSA) is 54.3 Å². The molecule has 1 saturated heterocycles. The Bertz CT molecular complexity index is 912. The predicted octanol–water partition coefficient (Wildman–Crippen LogP) is 3.21. The summed E-state index contributed by atoms with van der Waals surface area (Å²) in [6.07, 6.45) is 1.08. The Morgan fingerprint density at radius 3 is 2.77 bits per heavy atom. The molecular formula is C19H19Cl2N3O2. The zero-order valence-corrected chi connectivity index (χ0v) is 15.6. The van der Waals surface area contributed by atoms with Gasteiger partial charge >= 0.3 is 0 Å². The molecule has 0 saturated carbocycles. The van der Waals surface area contributed by atoms with Crippen molar-refractivity contribution < 1.29 is 4.79 Å². The van der Waals surface area contributed by atoms with Crippen LogP contribution in [-0.2, 0) is 11.3 Å². The molecular weight excluding hydrogens is 373 g/mol. The van der Waals surface area contributed by atoms with Crippen LogP contribution in [0.3, 0.4) is 0 Å². The van der Waals surface area contributed by atoms with Gasteiger partial charge in [-0.25, -0.2) is 0 Å².